The summed E-state index contributed by atoms with van der Waals surface area (Å²) in [5.41, 5.74) is 0.256. The minimum atomic E-state index is -0.379. The minimum absolute atomic E-state index is 0.00290. The molecule has 1 amide bonds. The molecule has 20 heavy (non-hydrogen) atoms. The summed E-state index contributed by atoms with van der Waals surface area (Å²) in [6.45, 7) is 3.53. The molecule has 2 N–H and O–H groups in total. The van der Waals surface area contributed by atoms with E-state index < -0.39 is 0 Å². The lowest BCUT2D eigenvalue weighted by atomic mass is 9.89. The van der Waals surface area contributed by atoms with Gasteiger partial charge in [-0.15, -0.1) is 0 Å². The maximum Gasteiger partial charge on any atom is 0.231 e. The number of hydrogen-bond acceptors (Lipinski definition) is 5. The summed E-state index contributed by atoms with van der Waals surface area (Å²) in [7, 11) is 0. The van der Waals surface area contributed by atoms with E-state index in [1.807, 2.05) is 13.0 Å². The number of rotatable bonds is 3. The van der Waals surface area contributed by atoms with Gasteiger partial charge in [0, 0.05) is 12.7 Å². The van der Waals surface area contributed by atoms with Crippen molar-refractivity contribution in [2.75, 3.05) is 18.4 Å². The zero-order valence-electron chi connectivity index (χ0n) is 11.2. The molecule has 3 heterocycles. The zero-order chi connectivity index (χ0) is 14.0. The maximum atomic E-state index is 12.4. The number of amides is 1. The molecule has 0 aromatic carbocycles. The summed E-state index contributed by atoms with van der Waals surface area (Å²) in [6, 6.07) is 3.60. The van der Waals surface area contributed by atoms with E-state index in [-0.39, 0.29) is 11.3 Å². The van der Waals surface area contributed by atoms with Crippen LogP contribution in [0.15, 0.2) is 31.0 Å². The van der Waals surface area contributed by atoms with Crippen LogP contribution in [0.4, 0.5) is 5.69 Å². The van der Waals surface area contributed by atoms with Crippen LogP contribution >= 0.6 is 0 Å². The van der Waals surface area contributed by atoms with Crippen LogP contribution in [0.3, 0.4) is 0 Å². The van der Waals surface area contributed by atoms with Crippen molar-refractivity contribution in [3.8, 4) is 5.82 Å². The first kappa shape index (κ1) is 12.7. The Labute approximate surface area is 116 Å². The van der Waals surface area contributed by atoms with Crippen molar-refractivity contribution in [1.82, 2.24) is 25.1 Å². The third-order valence-electron chi connectivity index (χ3n) is 3.59. The topological polar surface area (TPSA) is 84.7 Å². The van der Waals surface area contributed by atoms with E-state index in [1.165, 1.54) is 11.0 Å². The summed E-state index contributed by atoms with van der Waals surface area (Å²) in [5.74, 6) is 0.560. The Bertz CT molecular complexity index is 603. The molecule has 104 valence electrons. The first-order chi connectivity index (χ1) is 9.69. The lowest BCUT2D eigenvalue weighted by Crippen LogP contribution is -2.35. The first-order valence-electron chi connectivity index (χ1n) is 6.51. The SMILES string of the molecule is CC1(C(=O)Nc2cccnc2-n2cncn2)CCNC1. The first-order valence-corrected chi connectivity index (χ1v) is 6.51. The normalized spacial score (nSPS) is 21.9. The van der Waals surface area contributed by atoms with E-state index in [9.17, 15) is 4.79 Å². The molecule has 0 radical (unpaired) electrons. The highest BCUT2D eigenvalue weighted by Crippen LogP contribution is 2.27. The second-order valence-electron chi connectivity index (χ2n) is 5.16. The standard InChI is InChI=1S/C13H16N6O/c1-13(4-6-14-7-13)12(20)18-10-3-2-5-16-11(10)19-9-15-8-17-19/h2-3,5,8-9,14H,4,6-7H2,1H3,(H,18,20). The molecule has 3 rings (SSSR count). The fourth-order valence-corrected chi connectivity index (χ4v) is 2.28. The smallest absolute Gasteiger partial charge is 0.231 e. The molecule has 1 atom stereocenters. The quantitative estimate of drug-likeness (QED) is 0.854. The molecule has 0 bridgehead atoms. The number of hydrogen-bond donors (Lipinski definition) is 2. The van der Waals surface area contributed by atoms with Gasteiger partial charge >= 0.3 is 0 Å². The van der Waals surface area contributed by atoms with Crippen LogP contribution in [-0.4, -0.2) is 38.7 Å². The predicted molar refractivity (Wildman–Crippen MR) is 73.4 cm³/mol. The van der Waals surface area contributed by atoms with Gasteiger partial charge in [0.2, 0.25) is 5.91 Å². The highest BCUT2D eigenvalue weighted by Gasteiger charge is 2.36. The van der Waals surface area contributed by atoms with Crippen molar-refractivity contribution in [2.24, 2.45) is 5.41 Å². The molecular formula is C13H16N6O. The molecule has 7 heteroatoms. The number of nitrogens with one attached hydrogen (secondary N) is 2. The molecular weight excluding hydrogens is 256 g/mol. The van der Waals surface area contributed by atoms with E-state index in [4.69, 9.17) is 0 Å². The second-order valence-corrected chi connectivity index (χ2v) is 5.16. The van der Waals surface area contributed by atoms with E-state index in [0.29, 0.717) is 18.1 Å². The molecule has 0 saturated carbocycles. The Balaban J connectivity index is 1.86. The van der Waals surface area contributed by atoms with Crippen molar-refractivity contribution in [3.63, 3.8) is 0 Å². The third-order valence-corrected chi connectivity index (χ3v) is 3.59. The van der Waals surface area contributed by atoms with Gasteiger partial charge in [-0.1, -0.05) is 0 Å². The molecule has 1 unspecified atom stereocenters. The number of anilines is 1. The van der Waals surface area contributed by atoms with Crippen LogP contribution in [-0.2, 0) is 4.79 Å². The van der Waals surface area contributed by atoms with Gasteiger partial charge in [-0.25, -0.2) is 14.6 Å². The molecule has 7 nitrogen and oxygen atoms in total. The van der Waals surface area contributed by atoms with Gasteiger partial charge in [-0.2, -0.15) is 5.10 Å². The van der Waals surface area contributed by atoms with Gasteiger partial charge in [0.1, 0.15) is 12.7 Å². The summed E-state index contributed by atoms with van der Waals surface area (Å²) in [6.07, 6.45) is 5.47. The van der Waals surface area contributed by atoms with Crippen molar-refractivity contribution in [2.45, 2.75) is 13.3 Å². The van der Waals surface area contributed by atoms with E-state index in [1.54, 1.807) is 18.6 Å². The van der Waals surface area contributed by atoms with Crippen molar-refractivity contribution in [3.05, 3.63) is 31.0 Å². The Morgan fingerprint density at radius 2 is 2.45 bits per heavy atom. The van der Waals surface area contributed by atoms with Gasteiger partial charge in [0.15, 0.2) is 5.82 Å². The van der Waals surface area contributed by atoms with Crippen LogP contribution in [0.2, 0.25) is 0 Å². The van der Waals surface area contributed by atoms with Crippen LogP contribution < -0.4 is 10.6 Å². The molecule has 0 spiro atoms. The number of carbonyl (C=O) groups excluding carboxylic acids is 1. The molecule has 1 aliphatic heterocycles. The molecule has 2 aromatic heterocycles. The Morgan fingerprint density at radius 3 is 3.15 bits per heavy atom. The average Bonchev–Trinajstić information content (AvgIpc) is 3.11. The number of pyridine rings is 1. The largest absolute Gasteiger partial charge is 0.322 e. The lowest BCUT2D eigenvalue weighted by Gasteiger charge is -2.22. The molecule has 0 aliphatic carbocycles. The fraction of sp³-hybridized carbons (Fsp3) is 0.385. The maximum absolute atomic E-state index is 12.4. The van der Waals surface area contributed by atoms with Gasteiger partial charge in [-0.05, 0) is 32.0 Å². The number of aromatic nitrogens is 4. The van der Waals surface area contributed by atoms with Gasteiger partial charge in [-0.3, -0.25) is 4.79 Å². The van der Waals surface area contributed by atoms with Crippen LogP contribution in [0.25, 0.3) is 5.82 Å². The van der Waals surface area contributed by atoms with Gasteiger partial charge in [0.25, 0.3) is 0 Å². The minimum Gasteiger partial charge on any atom is -0.322 e. The van der Waals surface area contributed by atoms with Gasteiger partial charge in [0.05, 0.1) is 11.1 Å². The molecule has 2 aromatic rings. The highest BCUT2D eigenvalue weighted by molar-refractivity contribution is 5.96. The summed E-state index contributed by atoms with van der Waals surface area (Å²) < 4.78 is 1.53. The van der Waals surface area contributed by atoms with Crippen molar-refractivity contribution < 1.29 is 4.79 Å². The molecule has 1 saturated heterocycles. The summed E-state index contributed by atoms with van der Waals surface area (Å²) in [5, 5.41) is 10.2. The molecule has 1 aliphatic rings. The predicted octanol–water partition coefficient (Wildman–Crippen LogP) is 0.600. The highest BCUT2D eigenvalue weighted by atomic mass is 16.2. The van der Waals surface area contributed by atoms with Crippen molar-refractivity contribution >= 4 is 11.6 Å². The van der Waals surface area contributed by atoms with E-state index in [2.05, 4.69) is 25.7 Å². The monoisotopic (exact) mass is 272 g/mol. The second kappa shape index (κ2) is 5.01. The van der Waals surface area contributed by atoms with Gasteiger partial charge < -0.3 is 10.6 Å². The van der Waals surface area contributed by atoms with Crippen LogP contribution in [0.5, 0.6) is 0 Å². The third kappa shape index (κ3) is 2.27. The Morgan fingerprint density at radius 1 is 1.55 bits per heavy atom. The van der Waals surface area contributed by atoms with Crippen LogP contribution in [0, 0.1) is 5.41 Å². The Hall–Kier alpha value is -2.28. The van der Waals surface area contributed by atoms with E-state index in [0.717, 1.165) is 13.0 Å². The zero-order valence-corrected chi connectivity index (χ0v) is 11.2. The van der Waals surface area contributed by atoms with Crippen LogP contribution in [0.1, 0.15) is 13.3 Å². The fourth-order valence-electron chi connectivity index (χ4n) is 2.28. The lowest BCUT2D eigenvalue weighted by molar-refractivity contribution is -0.123. The summed E-state index contributed by atoms with van der Waals surface area (Å²) >= 11 is 0. The molecule has 1 fully saturated rings. The Kier molecular flexibility index (Phi) is 3.19. The van der Waals surface area contributed by atoms with E-state index >= 15 is 0 Å². The van der Waals surface area contributed by atoms with Crippen molar-refractivity contribution in [1.29, 1.82) is 0 Å². The number of carbonyl (C=O) groups is 1. The summed E-state index contributed by atoms with van der Waals surface area (Å²) in [4.78, 5) is 20.6. The average molecular weight is 272 g/mol. The number of nitrogens with zero attached hydrogens (tertiary/aromatic N) is 4.